The zero-order valence-corrected chi connectivity index (χ0v) is 23.8. The lowest BCUT2D eigenvalue weighted by Crippen LogP contribution is -2.50. The van der Waals surface area contributed by atoms with Crippen molar-refractivity contribution in [2.45, 2.75) is 89.4 Å². The second-order valence-corrected chi connectivity index (χ2v) is 12.7. The molecule has 4 N–H and O–H groups in total. The zero-order chi connectivity index (χ0) is 28.1. The number of nitrogens with one attached hydrogen (secondary N) is 2. The normalized spacial score (nSPS) is 21.7. The maximum atomic E-state index is 13.8. The summed E-state index contributed by atoms with van der Waals surface area (Å²) < 4.78 is 1.70. The van der Waals surface area contributed by atoms with Crippen LogP contribution >= 0.6 is 0 Å². The molecule has 40 heavy (non-hydrogen) atoms. The van der Waals surface area contributed by atoms with Crippen LogP contribution in [0, 0.1) is 23.7 Å². The smallest absolute Gasteiger partial charge is 0.270 e. The number of carbonyl (C=O) groups is 3. The third-order valence-electron chi connectivity index (χ3n) is 9.37. The Balaban J connectivity index is 1.18. The van der Waals surface area contributed by atoms with Crippen molar-refractivity contribution < 1.29 is 14.4 Å². The Labute approximate surface area is 236 Å². The van der Waals surface area contributed by atoms with Crippen molar-refractivity contribution in [1.29, 1.82) is 0 Å². The number of fused-ring (bicyclic) bond motifs is 1. The van der Waals surface area contributed by atoms with E-state index in [1.807, 2.05) is 44.0 Å². The molecule has 3 atom stereocenters. The van der Waals surface area contributed by atoms with Gasteiger partial charge in [0, 0.05) is 25.0 Å². The molecule has 0 aliphatic heterocycles. The Kier molecular flexibility index (Phi) is 7.19. The largest absolute Gasteiger partial charge is 0.339 e. The molecule has 3 saturated carbocycles. The SMILES string of the molecule is CC(C)n1nccc1C(=O)N[C@H](C(=O)Nc1ccc2c(c1)CC[C@H]2N(C)C(=O)[C@H](N)C1CC1)C(C1CC1)C1CC1. The molecule has 9 heteroatoms. The number of hydrogen-bond acceptors (Lipinski definition) is 5. The first-order valence-corrected chi connectivity index (χ1v) is 15.0. The quantitative estimate of drug-likeness (QED) is 0.396. The van der Waals surface area contributed by atoms with Gasteiger partial charge in [-0.15, -0.1) is 0 Å². The van der Waals surface area contributed by atoms with Crippen molar-refractivity contribution >= 4 is 23.4 Å². The van der Waals surface area contributed by atoms with Gasteiger partial charge in [0.25, 0.3) is 5.91 Å². The van der Waals surface area contributed by atoms with Crippen molar-refractivity contribution in [1.82, 2.24) is 20.0 Å². The Hall–Kier alpha value is -3.20. The van der Waals surface area contributed by atoms with Gasteiger partial charge < -0.3 is 21.3 Å². The van der Waals surface area contributed by atoms with Crippen LogP contribution in [0.1, 0.15) is 92.5 Å². The number of aromatic nitrogens is 2. The highest BCUT2D eigenvalue weighted by Gasteiger charge is 2.48. The molecule has 0 radical (unpaired) electrons. The number of hydrogen-bond donors (Lipinski definition) is 3. The van der Waals surface area contributed by atoms with Gasteiger partial charge in [0.15, 0.2) is 0 Å². The number of benzene rings is 1. The Bertz CT molecular complexity index is 1280. The lowest BCUT2D eigenvalue weighted by atomic mass is 9.88. The van der Waals surface area contributed by atoms with Crippen LogP contribution in [0.4, 0.5) is 5.69 Å². The molecule has 9 nitrogen and oxygen atoms in total. The van der Waals surface area contributed by atoms with Crippen molar-refractivity contribution in [3.05, 3.63) is 47.3 Å². The summed E-state index contributed by atoms with van der Waals surface area (Å²) in [6.45, 7) is 3.97. The van der Waals surface area contributed by atoms with Crippen molar-refractivity contribution in [2.75, 3.05) is 12.4 Å². The van der Waals surface area contributed by atoms with E-state index in [9.17, 15) is 14.4 Å². The third-order valence-corrected chi connectivity index (χ3v) is 9.37. The fourth-order valence-electron chi connectivity index (χ4n) is 6.69. The molecule has 1 aromatic carbocycles. The molecule has 2 aromatic rings. The summed E-state index contributed by atoms with van der Waals surface area (Å²) in [6, 6.07) is 6.73. The van der Waals surface area contributed by atoms with Crippen molar-refractivity contribution in [3.8, 4) is 0 Å². The lowest BCUT2D eigenvalue weighted by molar-refractivity contribution is -0.134. The molecule has 0 spiro atoms. The fraction of sp³-hybridized carbons (Fsp3) is 0.613. The monoisotopic (exact) mass is 546 g/mol. The Morgan fingerprint density at radius 1 is 1.00 bits per heavy atom. The average Bonchev–Trinajstić information content (AvgIpc) is 3.85. The predicted octanol–water partition coefficient (Wildman–Crippen LogP) is 3.82. The summed E-state index contributed by atoms with van der Waals surface area (Å²) in [5, 5.41) is 10.6. The van der Waals surface area contributed by atoms with Gasteiger partial charge in [-0.3, -0.25) is 19.1 Å². The molecule has 6 rings (SSSR count). The third kappa shape index (κ3) is 5.40. The van der Waals surface area contributed by atoms with E-state index in [0.717, 1.165) is 68.2 Å². The topological polar surface area (TPSA) is 122 Å². The van der Waals surface area contributed by atoms with Gasteiger partial charge in [-0.1, -0.05) is 6.07 Å². The second kappa shape index (κ2) is 10.7. The van der Waals surface area contributed by atoms with Crippen LogP contribution in [0.2, 0.25) is 0 Å². The van der Waals surface area contributed by atoms with Gasteiger partial charge in [0.05, 0.1) is 12.1 Å². The molecule has 214 valence electrons. The molecular formula is C31H42N6O3. The highest BCUT2D eigenvalue weighted by Crippen LogP contribution is 2.51. The number of carbonyl (C=O) groups excluding carboxylic acids is 3. The molecule has 0 saturated heterocycles. The maximum absolute atomic E-state index is 13.8. The van der Waals surface area contributed by atoms with Crippen molar-refractivity contribution in [2.24, 2.45) is 29.4 Å². The minimum Gasteiger partial charge on any atom is -0.339 e. The van der Waals surface area contributed by atoms with Crippen LogP contribution in [0.15, 0.2) is 30.5 Å². The second-order valence-electron chi connectivity index (χ2n) is 12.7. The van der Waals surface area contributed by atoms with Crippen LogP contribution in [-0.4, -0.2) is 51.5 Å². The van der Waals surface area contributed by atoms with Crippen LogP contribution in [0.3, 0.4) is 0 Å². The standard InChI is InChI=1S/C31H42N6O3/c1-17(2)37-25(14-15-33-37)29(38)35-28(26(18-4-5-18)19-6-7-19)30(39)34-22-11-12-23-21(16-22)10-13-24(23)36(3)31(40)27(32)20-8-9-20/h11-12,14-20,24,26-28H,4-10,13,32H2,1-3H3,(H,34,39)(H,35,38)/t24-,27-,28+/m1/s1. The minimum atomic E-state index is -0.600. The van der Waals surface area contributed by atoms with E-state index in [1.54, 1.807) is 16.9 Å². The first kappa shape index (κ1) is 27.0. The van der Waals surface area contributed by atoms with E-state index >= 15 is 0 Å². The number of anilines is 1. The average molecular weight is 547 g/mol. The number of nitrogens with two attached hydrogens (primary N) is 1. The van der Waals surface area contributed by atoms with Crippen LogP contribution in [-0.2, 0) is 16.0 Å². The number of aryl methyl sites for hydroxylation is 1. The first-order valence-electron chi connectivity index (χ1n) is 15.0. The van der Waals surface area contributed by atoms with E-state index in [0.29, 0.717) is 23.4 Å². The maximum Gasteiger partial charge on any atom is 0.270 e. The van der Waals surface area contributed by atoms with E-state index in [4.69, 9.17) is 5.73 Å². The van der Waals surface area contributed by atoms with E-state index in [-0.39, 0.29) is 35.7 Å². The highest BCUT2D eigenvalue weighted by molar-refractivity contribution is 6.01. The number of amides is 3. The summed E-state index contributed by atoms with van der Waals surface area (Å²) >= 11 is 0. The number of nitrogens with zero attached hydrogens (tertiary/aromatic N) is 3. The van der Waals surface area contributed by atoms with E-state index < -0.39 is 12.1 Å². The summed E-state index contributed by atoms with van der Waals surface area (Å²) in [5.41, 5.74) is 9.68. The number of likely N-dealkylation sites (N-methyl/N-ethyl adjacent to an activating group) is 1. The molecule has 3 amide bonds. The molecule has 4 aliphatic carbocycles. The zero-order valence-electron chi connectivity index (χ0n) is 23.8. The summed E-state index contributed by atoms with van der Waals surface area (Å²) in [4.78, 5) is 42.0. The predicted molar refractivity (Wildman–Crippen MR) is 152 cm³/mol. The molecule has 1 heterocycles. The van der Waals surface area contributed by atoms with Crippen LogP contribution < -0.4 is 16.4 Å². The lowest BCUT2D eigenvalue weighted by Gasteiger charge is -2.29. The molecule has 1 aromatic heterocycles. The fourth-order valence-corrected chi connectivity index (χ4v) is 6.69. The first-order chi connectivity index (χ1) is 19.2. The molecule has 0 unspecified atom stereocenters. The Morgan fingerprint density at radius 2 is 1.68 bits per heavy atom. The van der Waals surface area contributed by atoms with Crippen LogP contribution in [0.25, 0.3) is 0 Å². The molecule has 3 fully saturated rings. The summed E-state index contributed by atoms with van der Waals surface area (Å²) in [5.74, 6) is 1.03. The van der Waals surface area contributed by atoms with Crippen LogP contribution in [0.5, 0.6) is 0 Å². The minimum absolute atomic E-state index is 0.00371. The van der Waals surface area contributed by atoms with E-state index in [1.165, 1.54) is 0 Å². The molecule has 0 bridgehead atoms. The molecule has 4 aliphatic rings. The van der Waals surface area contributed by atoms with E-state index in [2.05, 4.69) is 15.7 Å². The molecular weight excluding hydrogens is 504 g/mol. The Morgan fingerprint density at radius 3 is 2.30 bits per heavy atom. The van der Waals surface area contributed by atoms with Gasteiger partial charge in [-0.05, 0) is 118 Å². The van der Waals surface area contributed by atoms with Gasteiger partial charge >= 0.3 is 0 Å². The van der Waals surface area contributed by atoms with Gasteiger partial charge in [0.1, 0.15) is 11.7 Å². The summed E-state index contributed by atoms with van der Waals surface area (Å²) in [6.07, 6.45) is 9.84. The van der Waals surface area contributed by atoms with Gasteiger partial charge in [0.2, 0.25) is 11.8 Å². The highest BCUT2D eigenvalue weighted by atomic mass is 16.2. The number of rotatable bonds is 11. The summed E-state index contributed by atoms with van der Waals surface area (Å²) in [7, 11) is 1.86. The van der Waals surface area contributed by atoms with Crippen molar-refractivity contribution in [3.63, 3.8) is 0 Å². The van der Waals surface area contributed by atoms with Gasteiger partial charge in [-0.2, -0.15) is 5.10 Å². The van der Waals surface area contributed by atoms with Gasteiger partial charge in [-0.25, -0.2) is 0 Å².